The van der Waals surface area contributed by atoms with Gasteiger partial charge in [0.15, 0.2) is 0 Å². The molecule has 2 rings (SSSR count). The van der Waals surface area contributed by atoms with E-state index >= 15 is 0 Å². The average molecular weight is 219 g/mol. The molecule has 1 saturated carbocycles. The molecule has 3 nitrogen and oxygen atoms in total. The van der Waals surface area contributed by atoms with Crippen LogP contribution in [0.1, 0.15) is 57.0 Å². The van der Waals surface area contributed by atoms with Crippen LogP contribution in [0.4, 0.5) is 5.82 Å². The van der Waals surface area contributed by atoms with E-state index in [0.29, 0.717) is 5.92 Å². The lowest BCUT2D eigenvalue weighted by molar-refractivity contribution is 0.662. The van der Waals surface area contributed by atoms with E-state index < -0.39 is 0 Å². The Morgan fingerprint density at radius 2 is 2.00 bits per heavy atom. The maximum Gasteiger partial charge on any atom is 0.134 e. The van der Waals surface area contributed by atoms with E-state index in [9.17, 15) is 0 Å². The first-order valence-corrected chi connectivity index (χ1v) is 6.45. The van der Waals surface area contributed by atoms with Crippen molar-refractivity contribution in [3.63, 3.8) is 0 Å². The molecule has 1 aromatic heterocycles. The second-order valence-electron chi connectivity index (χ2n) is 4.47. The standard InChI is InChI=1S/C13H21N3/c1-3-11-9-12(14-4-2)16-13(15-11)10-7-5-6-8-10/h9-10H,3-8H2,1-2H3,(H,14,15,16). The molecule has 1 fully saturated rings. The first-order chi connectivity index (χ1) is 7.83. The molecule has 1 heterocycles. The summed E-state index contributed by atoms with van der Waals surface area (Å²) in [6.45, 7) is 5.17. The van der Waals surface area contributed by atoms with Crippen LogP contribution in [-0.2, 0) is 6.42 Å². The van der Waals surface area contributed by atoms with Crippen molar-refractivity contribution in [2.45, 2.75) is 51.9 Å². The lowest BCUT2D eigenvalue weighted by atomic mass is 10.1. The summed E-state index contributed by atoms with van der Waals surface area (Å²) in [5, 5.41) is 3.29. The Labute approximate surface area is 97.7 Å². The summed E-state index contributed by atoms with van der Waals surface area (Å²) in [6.07, 6.45) is 6.18. The Hall–Kier alpha value is -1.12. The van der Waals surface area contributed by atoms with Crippen LogP contribution in [0.25, 0.3) is 0 Å². The number of nitrogens with one attached hydrogen (secondary N) is 1. The normalized spacial score (nSPS) is 16.6. The molecule has 0 aromatic carbocycles. The van der Waals surface area contributed by atoms with Crippen molar-refractivity contribution in [2.75, 3.05) is 11.9 Å². The number of aromatic nitrogens is 2. The first-order valence-electron chi connectivity index (χ1n) is 6.45. The van der Waals surface area contributed by atoms with Gasteiger partial charge in [-0.1, -0.05) is 19.8 Å². The predicted molar refractivity (Wildman–Crippen MR) is 66.8 cm³/mol. The van der Waals surface area contributed by atoms with E-state index in [1.54, 1.807) is 0 Å². The van der Waals surface area contributed by atoms with Gasteiger partial charge >= 0.3 is 0 Å². The maximum atomic E-state index is 4.67. The van der Waals surface area contributed by atoms with E-state index in [1.165, 1.54) is 25.7 Å². The zero-order chi connectivity index (χ0) is 11.4. The smallest absolute Gasteiger partial charge is 0.134 e. The van der Waals surface area contributed by atoms with Gasteiger partial charge in [0.2, 0.25) is 0 Å². The molecule has 0 radical (unpaired) electrons. The van der Waals surface area contributed by atoms with E-state index in [4.69, 9.17) is 0 Å². The van der Waals surface area contributed by atoms with Gasteiger partial charge in [0, 0.05) is 24.2 Å². The van der Waals surface area contributed by atoms with E-state index in [2.05, 4.69) is 35.2 Å². The van der Waals surface area contributed by atoms with E-state index in [0.717, 1.165) is 30.3 Å². The average Bonchev–Trinajstić information content (AvgIpc) is 2.82. The highest BCUT2D eigenvalue weighted by Gasteiger charge is 2.20. The largest absolute Gasteiger partial charge is 0.370 e. The highest BCUT2D eigenvalue weighted by Crippen LogP contribution is 2.32. The van der Waals surface area contributed by atoms with Crippen LogP contribution in [-0.4, -0.2) is 16.5 Å². The zero-order valence-electron chi connectivity index (χ0n) is 10.3. The molecule has 0 amide bonds. The maximum absolute atomic E-state index is 4.67. The van der Waals surface area contributed by atoms with Gasteiger partial charge in [-0.25, -0.2) is 9.97 Å². The van der Waals surface area contributed by atoms with Crippen LogP contribution in [0.2, 0.25) is 0 Å². The molecule has 1 aliphatic rings. The van der Waals surface area contributed by atoms with Gasteiger partial charge in [-0.05, 0) is 26.2 Å². The summed E-state index contributed by atoms with van der Waals surface area (Å²) >= 11 is 0. The molecular formula is C13H21N3. The lowest BCUT2D eigenvalue weighted by Crippen LogP contribution is -2.08. The second kappa shape index (κ2) is 5.28. The van der Waals surface area contributed by atoms with Crippen LogP contribution in [0.15, 0.2) is 6.07 Å². The number of anilines is 1. The summed E-state index contributed by atoms with van der Waals surface area (Å²) in [5.74, 6) is 2.66. The summed E-state index contributed by atoms with van der Waals surface area (Å²) in [4.78, 5) is 9.30. The number of aryl methyl sites for hydroxylation is 1. The Morgan fingerprint density at radius 1 is 1.25 bits per heavy atom. The molecule has 0 unspecified atom stereocenters. The zero-order valence-corrected chi connectivity index (χ0v) is 10.3. The minimum Gasteiger partial charge on any atom is -0.370 e. The molecule has 0 atom stereocenters. The summed E-state index contributed by atoms with van der Waals surface area (Å²) in [7, 11) is 0. The third-order valence-corrected chi connectivity index (χ3v) is 3.24. The van der Waals surface area contributed by atoms with Crippen molar-refractivity contribution in [1.29, 1.82) is 0 Å². The second-order valence-corrected chi connectivity index (χ2v) is 4.47. The predicted octanol–water partition coefficient (Wildman–Crippen LogP) is 3.13. The van der Waals surface area contributed by atoms with E-state index in [-0.39, 0.29) is 0 Å². The Kier molecular flexibility index (Phi) is 3.75. The molecule has 1 aliphatic carbocycles. The van der Waals surface area contributed by atoms with Gasteiger partial charge < -0.3 is 5.32 Å². The SMILES string of the molecule is CCNc1cc(CC)nc(C2CCCC2)n1. The van der Waals surface area contributed by atoms with Gasteiger partial charge in [0.25, 0.3) is 0 Å². The monoisotopic (exact) mass is 219 g/mol. The third kappa shape index (κ3) is 2.52. The van der Waals surface area contributed by atoms with Gasteiger partial charge in [-0.3, -0.25) is 0 Å². The van der Waals surface area contributed by atoms with Gasteiger partial charge in [0.1, 0.15) is 11.6 Å². The third-order valence-electron chi connectivity index (χ3n) is 3.24. The molecule has 0 saturated heterocycles. The van der Waals surface area contributed by atoms with Crippen LogP contribution < -0.4 is 5.32 Å². The summed E-state index contributed by atoms with van der Waals surface area (Å²) < 4.78 is 0. The molecule has 0 aliphatic heterocycles. The van der Waals surface area contributed by atoms with Crippen molar-refractivity contribution in [3.8, 4) is 0 Å². The molecule has 0 spiro atoms. The van der Waals surface area contributed by atoms with Crippen LogP contribution >= 0.6 is 0 Å². The summed E-state index contributed by atoms with van der Waals surface area (Å²) in [5.41, 5.74) is 1.16. The Morgan fingerprint density at radius 3 is 2.62 bits per heavy atom. The number of hydrogen-bond acceptors (Lipinski definition) is 3. The first kappa shape index (κ1) is 11.4. The number of rotatable bonds is 4. The van der Waals surface area contributed by atoms with Crippen molar-refractivity contribution >= 4 is 5.82 Å². The topological polar surface area (TPSA) is 37.8 Å². The molecule has 1 aromatic rings. The van der Waals surface area contributed by atoms with Crippen LogP contribution in [0, 0.1) is 0 Å². The highest BCUT2D eigenvalue weighted by atomic mass is 15.0. The molecular weight excluding hydrogens is 198 g/mol. The summed E-state index contributed by atoms with van der Waals surface area (Å²) in [6, 6.07) is 2.07. The van der Waals surface area contributed by atoms with Crippen molar-refractivity contribution in [3.05, 3.63) is 17.6 Å². The van der Waals surface area contributed by atoms with Crippen molar-refractivity contribution in [2.24, 2.45) is 0 Å². The Balaban J connectivity index is 2.24. The molecule has 1 N–H and O–H groups in total. The highest BCUT2D eigenvalue weighted by molar-refractivity contribution is 5.36. The molecule has 0 bridgehead atoms. The van der Waals surface area contributed by atoms with Crippen molar-refractivity contribution < 1.29 is 0 Å². The van der Waals surface area contributed by atoms with Crippen LogP contribution in [0.5, 0.6) is 0 Å². The van der Waals surface area contributed by atoms with Gasteiger partial charge in [0.05, 0.1) is 0 Å². The van der Waals surface area contributed by atoms with Gasteiger partial charge in [-0.2, -0.15) is 0 Å². The van der Waals surface area contributed by atoms with Gasteiger partial charge in [-0.15, -0.1) is 0 Å². The fraction of sp³-hybridized carbons (Fsp3) is 0.692. The minimum atomic E-state index is 0.601. The minimum absolute atomic E-state index is 0.601. The number of hydrogen-bond donors (Lipinski definition) is 1. The quantitative estimate of drug-likeness (QED) is 0.845. The van der Waals surface area contributed by atoms with E-state index in [1.807, 2.05) is 0 Å². The van der Waals surface area contributed by atoms with Crippen molar-refractivity contribution in [1.82, 2.24) is 9.97 Å². The van der Waals surface area contributed by atoms with Crippen LogP contribution in [0.3, 0.4) is 0 Å². The molecule has 3 heteroatoms. The fourth-order valence-corrected chi connectivity index (χ4v) is 2.34. The molecule has 88 valence electrons. The Bertz CT molecular complexity index is 343. The fourth-order valence-electron chi connectivity index (χ4n) is 2.34. The number of nitrogens with zero attached hydrogens (tertiary/aromatic N) is 2. The molecule has 16 heavy (non-hydrogen) atoms. The lowest BCUT2D eigenvalue weighted by Gasteiger charge is -2.11.